The SMILES string of the molecule is CC(C)C(O)CCC(C)[C@H]1CCC2C3C(CC[C@@]21C)[C@@]1(C)CCC(NCCCNCCCCN)C[C@@H]1C[C@H]3O. The zero-order chi connectivity index (χ0) is 28.2. The van der Waals surface area contributed by atoms with Gasteiger partial charge >= 0.3 is 0 Å². The van der Waals surface area contributed by atoms with Crippen LogP contribution >= 0.6 is 0 Å². The lowest BCUT2D eigenvalue weighted by Crippen LogP contribution is -2.59. The molecule has 0 aromatic rings. The van der Waals surface area contributed by atoms with E-state index in [2.05, 4.69) is 45.3 Å². The Morgan fingerprint density at radius 1 is 0.846 bits per heavy atom. The van der Waals surface area contributed by atoms with Crippen LogP contribution in [0.2, 0.25) is 0 Å². The van der Waals surface area contributed by atoms with E-state index in [1.165, 1.54) is 57.8 Å². The largest absolute Gasteiger partial charge is 0.393 e. The summed E-state index contributed by atoms with van der Waals surface area (Å²) in [7, 11) is 0. The molecular formula is C34H65N3O2. The molecule has 0 aliphatic heterocycles. The van der Waals surface area contributed by atoms with Crippen LogP contribution in [0, 0.1) is 52.3 Å². The summed E-state index contributed by atoms with van der Waals surface area (Å²) in [5.74, 6) is 4.29. The Morgan fingerprint density at radius 2 is 1.56 bits per heavy atom. The molecule has 11 atom stereocenters. The number of aliphatic hydroxyl groups is 2. The Bertz CT molecular complexity index is 748. The van der Waals surface area contributed by atoms with E-state index in [-0.39, 0.29) is 12.2 Å². The van der Waals surface area contributed by atoms with Crippen molar-refractivity contribution in [3.63, 3.8) is 0 Å². The Kier molecular flexibility index (Phi) is 11.3. The fourth-order valence-corrected chi connectivity index (χ4v) is 10.4. The summed E-state index contributed by atoms with van der Waals surface area (Å²) >= 11 is 0. The van der Waals surface area contributed by atoms with Gasteiger partial charge in [-0.2, -0.15) is 0 Å². The summed E-state index contributed by atoms with van der Waals surface area (Å²) < 4.78 is 0. The van der Waals surface area contributed by atoms with Crippen molar-refractivity contribution in [3.05, 3.63) is 0 Å². The topological polar surface area (TPSA) is 90.5 Å². The van der Waals surface area contributed by atoms with Crippen molar-refractivity contribution in [2.24, 2.45) is 58.0 Å². The van der Waals surface area contributed by atoms with Crippen LogP contribution < -0.4 is 16.4 Å². The number of nitrogens with two attached hydrogens (primary N) is 1. The molecule has 4 saturated carbocycles. The first kappa shape index (κ1) is 31.7. The fraction of sp³-hybridized carbons (Fsp3) is 1.00. The predicted molar refractivity (Wildman–Crippen MR) is 163 cm³/mol. The molecule has 0 heterocycles. The minimum absolute atomic E-state index is 0.119. The van der Waals surface area contributed by atoms with E-state index in [1.54, 1.807) is 0 Å². The lowest BCUT2D eigenvalue weighted by atomic mass is 9.43. The van der Waals surface area contributed by atoms with Crippen LogP contribution in [-0.4, -0.2) is 54.6 Å². The first-order valence-corrected chi connectivity index (χ1v) is 17.1. The van der Waals surface area contributed by atoms with Crippen molar-refractivity contribution >= 4 is 0 Å². The molecule has 5 heteroatoms. The van der Waals surface area contributed by atoms with Crippen molar-refractivity contribution in [3.8, 4) is 0 Å². The van der Waals surface area contributed by atoms with Crippen LogP contribution in [0.3, 0.4) is 0 Å². The standard InChI is InChI=1S/C34H65N3O2/c1-23(2)30(38)12-9-24(3)27-10-11-28-32-29(14-16-34(27,28)5)33(4)15-13-26(21-25(33)22-31(32)39)37-20-8-19-36-18-7-6-17-35/h23-32,36-39H,6-22,35H2,1-5H3/t24?,25-,26?,27-,28?,29?,30?,31-,32?,33+,34-/m1/s1. The molecular weight excluding hydrogens is 482 g/mol. The third-order valence-electron chi connectivity index (χ3n) is 12.9. The second-order valence-corrected chi connectivity index (χ2v) is 15.4. The molecule has 4 aliphatic rings. The summed E-state index contributed by atoms with van der Waals surface area (Å²) in [6.45, 7) is 16.0. The van der Waals surface area contributed by atoms with Gasteiger partial charge < -0.3 is 26.6 Å². The van der Waals surface area contributed by atoms with Crippen LogP contribution in [-0.2, 0) is 0 Å². The Labute approximate surface area is 241 Å². The first-order valence-electron chi connectivity index (χ1n) is 17.1. The molecule has 0 amide bonds. The van der Waals surface area contributed by atoms with Crippen LogP contribution in [0.25, 0.3) is 0 Å². The quantitative estimate of drug-likeness (QED) is 0.179. The molecule has 0 radical (unpaired) electrons. The number of fused-ring (bicyclic) bond motifs is 5. The van der Waals surface area contributed by atoms with E-state index in [4.69, 9.17) is 5.73 Å². The lowest BCUT2D eigenvalue weighted by Gasteiger charge is -2.62. The Balaban J connectivity index is 1.30. The van der Waals surface area contributed by atoms with Crippen molar-refractivity contribution in [2.45, 2.75) is 136 Å². The molecule has 0 aromatic carbocycles. The highest BCUT2D eigenvalue weighted by Crippen LogP contribution is 2.68. The summed E-state index contributed by atoms with van der Waals surface area (Å²) in [6.07, 6.45) is 15.5. The van der Waals surface area contributed by atoms with Gasteiger partial charge in [0.2, 0.25) is 0 Å². The summed E-state index contributed by atoms with van der Waals surface area (Å²) in [5.41, 5.74) is 6.35. The molecule has 0 spiro atoms. The van der Waals surface area contributed by atoms with Crippen molar-refractivity contribution in [2.75, 3.05) is 26.2 Å². The minimum atomic E-state index is -0.169. The third-order valence-corrected chi connectivity index (χ3v) is 12.9. The van der Waals surface area contributed by atoms with Gasteiger partial charge in [0.05, 0.1) is 12.2 Å². The molecule has 4 aliphatic carbocycles. The second-order valence-electron chi connectivity index (χ2n) is 15.4. The smallest absolute Gasteiger partial charge is 0.0577 e. The van der Waals surface area contributed by atoms with Gasteiger partial charge in [0, 0.05) is 6.04 Å². The van der Waals surface area contributed by atoms with Gasteiger partial charge in [0.1, 0.15) is 0 Å². The van der Waals surface area contributed by atoms with Gasteiger partial charge in [-0.25, -0.2) is 0 Å². The van der Waals surface area contributed by atoms with E-state index in [1.807, 2.05) is 0 Å². The fourth-order valence-electron chi connectivity index (χ4n) is 10.4. The molecule has 0 bridgehead atoms. The number of hydrogen-bond acceptors (Lipinski definition) is 5. The van der Waals surface area contributed by atoms with Crippen molar-refractivity contribution in [1.82, 2.24) is 10.6 Å². The molecule has 39 heavy (non-hydrogen) atoms. The minimum Gasteiger partial charge on any atom is -0.393 e. The molecule has 5 nitrogen and oxygen atoms in total. The van der Waals surface area contributed by atoms with E-state index in [0.29, 0.717) is 52.4 Å². The zero-order valence-corrected chi connectivity index (χ0v) is 26.3. The number of hydrogen-bond donors (Lipinski definition) is 5. The number of nitrogens with one attached hydrogen (secondary N) is 2. The number of aliphatic hydroxyl groups excluding tert-OH is 2. The monoisotopic (exact) mass is 548 g/mol. The van der Waals surface area contributed by atoms with Gasteiger partial charge in [-0.05, 0) is 162 Å². The summed E-state index contributed by atoms with van der Waals surface area (Å²) in [6, 6.07) is 0.621. The molecule has 6 N–H and O–H groups in total. The molecule has 0 aromatic heterocycles. The highest BCUT2D eigenvalue weighted by molar-refractivity contribution is 5.12. The molecule has 0 saturated heterocycles. The van der Waals surface area contributed by atoms with Crippen LogP contribution in [0.5, 0.6) is 0 Å². The van der Waals surface area contributed by atoms with E-state index in [9.17, 15) is 10.2 Å². The molecule has 4 rings (SSSR count). The van der Waals surface area contributed by atoms with Crippen molar-refractivity contribution < 1.29 is 10.2 Å². The zero-order valence-electron chi connectivity index (χ0n) is 26.3. The van der Waals surface area contributed by atoms with Crippen molar-refractivity contribution in [1.29, 1.82) is 0 Å². The van der Waals surface area contributed by atoms with Gasteiger partial charge in [-0.15, -0.1) is 0 Å². The van der Waals surface area contributed by atoms with Gasteiger partial charge in [0.25, 0.3) is 0 Å². The van der Waals surface area contributed by atoms with Gasteiger partial charge in [0.15, 0.2) is 0 Å². The predicted octanol–water partition coefficient (Wildman–Crippen LogP) is 5.73. The first-order chi connectivity index (χ1) is 18.6. The maximum absolute atomic E-state index is 11.7. The number of rotatable bonds is 14. The molecule has 4 fully saturated rings. The highest BCUT2D eigenvalue weighted by atomic mass is 16.3. The maximum atomic E-state index is 11.7. The molecule has 228 valence electrons. The summed E-state index contributed by atoms with van der Waals surface area (Å²) in [4.78, 5) is 0. The highest BCUT2D eigenvalue weighted by Gasteiger charge is 2.62. The van der Waals surface area contributed by atoms with Crippen LogP contribution in [0.15, 0.2) is 0 Å². The summed E-state index contributed by atoms with van der Waals surface area (Å²) in [5, 5.41) is 29.6. The van der Waals surface area contributed by atoms with Gasteiger partial charge in [-0.1, -0.05) is 34.6 Å². The van der Waals surface area contributed by atoms with Gasteiger partial charge in [-0.3, -0.25) is 0 Å². The average Bonchev–Trinajstić information content (AvgIpc) is 3.26. The van der Waals surface area contributed by atoms with E-state index >= 15 is 0 Å². The van der Waals surface area contributed by atoms with Crippen LogP contribution in [0.4, 0.5) is 0 Å². The molecule has 6 unspecified atom stereocenters. The van der Waals surface area contributed by atoms with E-state index in [0.717, 1.165) is 57.8 Å². The third kappa shape index (κ3) is 6.90. The van der Waals surface area contributed by atoms with Crippen LogP contribution in [0.1, 0.15) is 118 Å². The average molecular weight is 548 g/mol. The maximum Gasteiger partial charge on any atom is 0.0577 e. The second kappa shape index (κ2) is 13.8. The Morgan fingerprint density at radius 3 is 2.31 bits per heavy atom. The van der Waals surface area contributed by atoms with E-state index < -0.39 is 0 Å². The normalized spacial score (nSPS) is 41.6. The lowest BCUT2D eigenvalue weighted by molar-refractivity contribution is -0.167. The number of unbranched alkanes of at least 4 members (excludes halogenated alkanes) is 1. The Hall–Kier alpha value is -0.200.